The molecule has 3 aliphatic carbocycles. The fourth-order valence-electron chi connectivity index (χ4n) is 4.51. The smallest absolute Gasteiger partial charge is 0.189 e. The van der Waals surface area contributed by atoms with Gasteiger partial charge in [0.1, 0.15) is 0 Å². The Labute approximate surface area is 94.0 Å². The predicted molar refractivity (Wildman–Crippen MR) is 65.2 cm³/mol. The van der Waals surface area contributed by atoms with Crippen molar-refractivity contribution in [3.05, 3.63) is 12.2 Å². The fraction of sp³-hybridized carbons (Fsp3) is 0.846. The maximum Gasteiger partial charge on any atom is 0.189 e. The highest BCUT2D eigenvalue weighted by Gasteiger charge is 2.56. The largest absolute Gasteiger partial charge is 0.420 e. The number of fused-ring (bicyclic) bond motifs is 5. The highest BCUT2D eigenvalue weighted by Crippen LogP contribution is 2.63. The van der Waals surface area contributed by atoms with Crippen molar-refractivity contribution in [3.8, 4) is 0 Å². The van der Waals surface area contributed by atoms with Crippen molar-refractivity contribution in [1.29, 1.82) is 0 Å². The third-order valence-corrected chi connectivity index (χ3v) is 8.92. The van der Waals surface area contributed by atoms with Crippen LogP contribution in [0.3, 0.4) is 0 Å². The molecule has 5 atom stereocenters. The molecule has 3 rings (SSSR count). The maximum absolute atomic E-state index is 5.84. The van der Waals surface area contributed by atoms with Crippen molar-refractivity contribution in [2.75, 3.05) is 7.11 Å². The molecule has 2 saturated carbocycles. The minimum atomic E-state index is -1.39. The molecule has 84 valence electrons. The lowest BCUT2D eigenvalue weighted by Gasteiger charge is -2.38. The molecule has 3 aliphatic rings. The summed E-state index contributed by atoms with van der Waals surface area (Å²) in [6, 6.07) is 0. The molecular formula is C13H22OSi. The molecule has 0 amide bonds. The fourth-order valence-corrected chi connectivity index (χ4v) is 7.10. The van der Waals surface area contributed by atoms with Gasteiger partial charge in [0.25, 0.3) is 0 Å². The molecule has 0 aromatic rings. The van der Waals surface area contributed by atoms with E-state index in [0.717, 1.165) is 29.2 Å². The van der Waals surface area contributed by atoms with E-state index in [0.29, 0.717) is 0 Å². The quantitative estimate of drug-likeness (QED) is 0.514. The summed E-state index contributed by atoms with van der Waals surface area (Å²) in [5, 5.41) is 0. The first kappa shape index (κ1) is 10.1. The molecule has 2 fully saturated rings. The average molecular weight is 222 g/mol. The third kappa shape index (κ3) is 1.30. The summed E-state index contributed by atoms with van der Waals surface area (Å²) >= 11 is 0. The first-order chi connectivity index (χ1) is 7.13. The molecule has 1 nitrogen and oxygen atoms in total. The molecule has 0 N–H and O–H groups in total. The van der Waals surface area contributed by atoms with Gasteiger partial charge in [0.15, 0.2) is 8.32 Å². The van der Waals surface area contributed by atoms with Crippen LogP contribution >= 0.6 is 0 Å². The van der Waals surface area contributed by atoms with Crippen LogP contribution in [0.15, 0.2) is 12.2 Å². The second kappa shape index (κ2) is 3.20. The summed E-state index contributed by atoms with van der Waals surface area (Å²) in [5.41, 5.74) is 0.939. The van der Waals surface area contributed by atoms with Gasteiger partial charge in [-0.1, -0.05) is 12.2 Å². The Bertz CT molecular complexity index is 297. The molecule has 0 aromatic heterocycles. The van der Waals surface area contributed by atoms with E-state index in [1.54, 1.807) is 0 Å². The van der Waals surface area contributed by atoms with Gasteiger partial charge in [0.2, 0.25) is 0 Å². The maximum atomic E-state index is 5.84. The zero-order chi connectivity index (χ0) is 10.6. The summed E-state index contributed by atoms with van der Waals surface area (Å²) in [6.45, 7) is 4.82. The van der Waals surface area contributed by atoms with Crippen LogP contribution in [0, 0.1) is 23.7 Å². The van der Waals surface area contributed by atoms with Crippen molar-refractivity contribution in [2.24, 2.45) is 23.7 Å². The minimum Gasteiger partial charge on any atom is -0.420 e. The van der Waals surface area contributed by atoms with Crippen molar-refractivity contribution < 1.29 is 4.43 Å². The molecule has 2 bridgehead atoms. The summed E-state index contributed by atoms with van der Waals surface area (Å²) in [5.74, 6) is 3.95. The molecule has 0 heterocycles. The molecule has 5 unspecified atom stereocenters. The SMILES string of the molecule is CO[Si](C)(C)C1CC2CC1C1CC=CC21. The molecule has 2 heteroatoms. The number of rotatable bonds is 2. The lowest BCUT2D eigenvalue weighted by molar-refractivity contribution is 0.259. The van der Waals surface area contributed by atoms with E-state index < -0.39 is 8.32 Å². The molecule has 0 aromatic carbocycles. The van der Waals surface area contributed by atoms with Gasteiger partial charge in [-0.05, 0) is 61.6 Å². The van der Waals surface area contributed by atoms with E-state index in [4.69, 9.17) is 4.43 Å². The molecular weight excluding hydrogens is 200 g/mol. The van der Waals surface area contributed by atoms with Crippen LogP contribution in [0.2, 0.25) is 18.6 Å². The van der Waals surface area contributed by atoms with Gasteiger partial charge in [0, 0.05) is 7.11 Å². The van der Waals surface area contributed by atoms with E-state index in [1.807, 2.05) is 7.11 Å². The van der Waals surface area contributed by atoms with E-state index in [9.17, 15) is 0 Å². The average Bonchev–Trinajstić information content (AvgIpc) is 2.89. The number of hydrogen-bond acceptors (Lipinski definition) is 1. The Morgan fingerprint density at radius 1 is 1.20 bits per heavy atom. The van der Waals surface area contributed by atoms with Crippen LogP contribution in [0.4, 0.5) is 0 Å². The Morgan fingerprint density at radius 3 is 2.73 bits per heavy atom. The summed E-state index contributed by atoms with van der Waals surface area (Å²) in [7, 11) is 0.548. The predicted octanol–water partition coefficient (Wildman–Crippen LogP) is 3.44. The lowest BCUT2D eigenvalue weighted by Crippen LogP contribution is -2.41. The van der Waals surface area contributed by atoms with Crippen LogP contribution in [-0.2, 0) is 4.43 Å². The summed E-state index contributed by atoms with van der Waals surface area (Å²) in [4.78, 5) is 0. The van der Waals surface area contributed by atoms with Gasteiger partial charge in [-0.2, -0.15) is 0 Å². The first-order valence-electron chi connectivity index (χ1n) is 6.35. The van der Waals surface area contributed by atoms with Crippen molar-refractivity contribution in [3.63, 3.8) is 0 Å². The Kier molecular flexibility index (Phi) is 2.16. The highest BCUT2D eigenvalue weighted by molar-refractivity contribution is 6.72. The number of hydrogen-bond donors (Lipinski definition) is 0. The van der Waals surface area contributed by atoms with Gasteiger partial charge in [0.05, 0.1) is 0 Å². The number of allylic oxidation sites excluding steroid dienone is 2. The molecule has 0 aliphatic heterocycles. The second-order valence-corrected chi connectivity index (χ2v) is 10.6. The monoisotopic (exact) mass is 222 g/mol. The van der Waals surface area contributed by atoms with Crippen molar-refractivity contribution in [2.45, 2.75) is 37.9 Å². The van der Waals surface area contributed by atoms with Crippen LogP contribution in [-0.4, -0.2) is 15.4 Å². The van der Waals surface area contributed by atoms with Crippen LogP contribution < -0.4 is 0 Å². The topological polar surface area (TPSA) is 9.23 Å². The van der Waals surface area contributed by atoms with E-state index >= 15 is 0 Å². The van der Waals surface area contributed by atoms with Gasteiger partial charge in [-0.3, -0.25) is 0 Å². The standard InChI is InChI=1S/C13H22OSi/c1-14-15(2,3)13-8-9-7-12(13)11-6-4-5-10(9)11/h4-5,9-13H,6-8H2,1-3H3. The molecule has 0 saturated heterocycles. The zero-order valence-corrected chi connectivity index (χ0v) is 11.1. The molecule has 0 spiro atoms. The van der Waals surface area contributed by atoms with Gasteiger partial charge >= 0.3 is 0 Å². The lowest BCUT2D eigenvalue weighted by atomic mass is 9.81. The third-order valence-electron chi connectivity index (χ3n) is 5.42. The highest BCUT2D eigenvalue weighted by atomic mass is 28.4. The van der Waals surface area contributed by atoms with Crippen molar-refractivity contribution >= 4 is 8.32 Å². The van der Waals surface area contributed by atoms with E-state index in [2.05, 4.69) is 25.2 Å². The van der Waals surface area contributed by atoms with Gasteiger partial charge in [-0.25, -0.2) is 0 Å². The van der Waals surface area contributed by atoms with E-state index in [-0.39, 0.29) is 0 Å². The molecule has 0 radical (unpaired) electrons. The van der Waals surface area contributed by atoms with Crippen LogP contribution in [0.5, 0.6) is 0 Å². The minimum absolute atomic E-state index is 0.939. The Morgan fingerprint density at radius 2 is 2.00 bits per heavy atom. The molecule has 15 heavy (non-hydrogen) atoms. The zero-order valence-electron chi connectivity index (χ0n) is 10.1. The van der Waals surface area contributed by atoms with E-state index in [1.165, 1.54) is 19.3 Å². The Hall–Kier alpha value is -0.0831. The normalized spacial score (nSPS) is 47.5. The van der Waals surface area contributed by atoms with Gasteiger partial charge in [-0.15, -0.1) is 0 Å². The summed E-state index contributed by atoms with van der Waals surface area (Å²) in [6.07, 6.45) is 9.26. The first-order valence-corrected chi connectivity index (χ1v) is 9.34. The summed E-state index contributed by atoms with van der Waals surface area (Å²) < 4.78 is 5.84. The van der Waals surface area contributed by atoms with Gasteiger partial charge < -0.3 is 4.43 Å². The van der Waals surface area contributed by atoms with Crippen LogP contribution in [0.1, 0.15) is 19.3 Å². The van der Waals surface area contributed by atoms with Crippen LogP contribution in [0.25, 0.3) is 0 Å². The second-order valence-electron chi connectivity index (χ2n) is 6.21. The van der Waals surface area contributed by atoms with Crippen molar-refractivity contribution in [1.82, 2.24) is 0 Å². The Balaban J connectivity index is 1.82.